The van der Waals surface area contributed by atoms with Crippen molar-refractivity contribution in [2.75, 3.05) is 25.6 Å². The third-order valence-corrected chi connectivity index (χ3v) is 3.18. The van der Waals surface area contributed by atoms with Gasteiger partial charge in [0.2, 0.25) is 0 Å². The second-order valence-electron chi connectivity index (χ2n) is 4.92. The molecule has 132 valence electrons. The molecule has 0 fully saturated rings. The van der Waals surface area contributed by atoms with Crippen LogP contribution in [0.5, 0.6) is 11.5 Å². The van der Waals surface area contributed by atoms with Gasteiger partial charge in [0.1, 0.15) is 30.4 Å². The molecule has 0 aliphatic rings. The van der Waals surface area contributed by atoms with Crippen LogP contribution in [-0.2, 0) is 4.74 Å². The standard InChI is InChI=1S/C17H18N2O6/c1-2-23-13-4-6-14(7-5-13)24-9-10-25-17(20)12-3-8-15(18)16(11-12)19(21)22/h3-8,11H,2,9-10,18H2,1H3. The van der Waals surface area contributed by atoms with E-state index in [1.807, 2.05) is 6.92 Å². The summed E-state index contributed by atoms with van der Waals surface area (Å²) in [5.41, 5.74) is 5.19. The Balaban J connectivity index is 1.82. The van der Waals surface area contributed by atoms with Gasteiger partial charge in [0.25, 0.3) is 5.69 Å². The molecular weight excluding hydrogens is 328 g/mol. The van der Waals surface area contributed by atoms with Crippen molar-refractivity contribution in [2.24, 2.45) is 0 Å². The molecule has 0 unspecified atom stereocenters. The summed E-state index contributed by atoms with van der Waals surface area (Å²) in [4.78, 5) is 22.1. The maximum Gasteiger partial charge on any atom is 0.338 e. The van der Waals surface area contributed by atoms with Crippen molar-refractivity contribution in [3.05, 3.63) is 58.1 Å². The summed E-state index contributed by atoms with van der Waals surface area (Å²) in [5, 5.41) is 10.8. The maximum atomic E-state index is 11.9. The summed E-state index contributed by atoms with van der Waals surface area (Å²) in [7, 11) is 0. The van der Waals surface area contributed by atoms with Gasteiger partial charge in [0.15, 0.2) is 0 Å². The number of nitro groups is 1. The zero-order valence-electron chi connectivity index (χ0n) is 13.6. The number of benzene rings is 2. The fraction of sp³-hybridized carbons (Fsp3) is 0.235. The smallest absolute Gasteiger partial charge is 0.338 e. The van der Waals surface area contributed by atoms with E-state index in [-0.39, 0.29) is 30.2 Å². The van der Waals surface area contributed by atoms with E-state index in [4.69, 9.17) is 19.9 Å². The van der Waals surface area contributed by atoms with Gasteiger partial charge in [-0.2, -0.15) is 0 Å². The predicted octanol–water partition coefficient (Wildman–Crippen LogP) is 2.81. The van der Waals surface area contributed by atoms with E-state index in [0.29, 0.717) is 12.4 Å². The highest BCUT2D eigenvalue weighted by Crippen LogP contribution is 2.22. The van der Waals surface area contributed by atoms with Crippen LogP contribution < -0.4 is 15.2 Å². The minimum atomic E-state index is -0.682. The highest BCUT2D eigenvalue weighted by Gasteiger charge is 2.16. The summed E-state index contributed by atoms with van der Waals surface area (Å²) < 4.78 is 15.8. The Morgan fingerprint density at radius 1 is 1.08 bits per heavy atom. The van der Waals surface area contributed by atoms with E-state index < -0.39 is 10.9 Å². The molecule has 0 saturated carbocycles. The van der Waals surface area contributed by atoms with Gasteiger partial charge in [-0.05, 0) is 43.3 Å². The lowest BCUT2D eigenvalue weighted by molar-refractivity contribution is -0.383. The van der Waals surface area contributed by atoms with Gasteiger partial charge in [-0.1, -0.05) is 0 Å². The first-order valence-corrected chi connectivity index (χ1v) is 7.58. The molecule has 0 aliphatic carbocycles. The second kappa shape index (κ2) is 8.53. The second-order valence-corrected chi connectivity index (χ2v) is 4.92. The summed E-state index contributed by atoms with van der Waals surface area (Å²) >= 11 is 0. The minimum absolute atomic E-state index is 0.00419. The van der Waals surface area contributed by atoms with Crippen LogP contribution in [0.2, 0.25) is 0 Å². The number of hydrogen-bond donors (Lipinski definition) is 1. The van der Waals surface area contributed by atoms with E-state index in [1.54, 1.807) is 24.3 Å². The Kier molecular flexibility index (Phi) is 6.16. The number of hydrogen-bond acceptors (Lipinski definition) is 7. The monoisotopic (exact) mass is 346 g/mol. The fourth-order valence-electron chi connectivity index (χ4n) is 2.00. The molecule has 2 rings (SSSR count). The Morgan fingerprint density at radius 3 is 2.32 bits per heavy atom. The number of carbonyl (C=O) groups excluding carboxylic acids is 1. The molecular formula is C17H18N2O6. The summed E-state index contributed by atoms with van der Waals surface area (Å²) in [6.07, 6.45) is 0. The van der Waals surface area contributed by atoms with E-state index in [0.717, 1.165) is 11.8 Å². The normalized spacial score (nSPS) is 10.1. The van der Waals surface area contributed by atoms with Gasteiger partial charge in [-0.3, -0.25) is 10.1 Å². The Bertz CT molecular complexity index is 745. The first kappa shape index (κ1) is 18.1. The van der Waals surface area contributed by atoms with E-state index >= 15 is 0 Å². The Hall–Kier alpha value is -3.29. The molecule has 0 radical (unpaired) electrons. The zero-order valence-corrected chi connectivity index (χ0v) is 13.6. The highest BCUT2D eigenvalue weighted by atomic mass is 16.6. The van der Waals surface area contributed by atoms with Crippen molar-refractivity contribution in [3.8, 4) is 11.5 Å². The van der Waals surface area contributed by atoms with Crippen molar-refractivity contribution in [3.63, 3.8) is 0 Å². The van der Waals surface area contributed by atoms with Gasteiger partial charge >= 0.3 is 5.97 Å². The fourth-order valence-corrected chi connectivity index (χ4v) is 2.00. The molecule has 0 amide bonds. The van der Waals surface area contributed by atoms with Crippen molar-refractivity contribution < 1.29 is 23.9 Å². The Morgan fingerprint density at radius 2 is 1.72 bits per heavy atom. The molecule has 8 heteroatoms. The van der Waals surface area contributed by atoms with Gasteiger partial charge in [0.05, 0.1) is 17.1 Å². The third kappa shape index (κ3) is 5.10. The number of anilines is 1. The van der Waals surface area contributed by atoms with Crippen LogP contribution in [0.1, 0.15) is 17.3 Å². The van der Waals surface area contributed by atoms with Crippen LogP contribution in [0.4, 0.5) is 11.4 Å². The third-order valence-electron chi connectivity index (χ3n) is 3.18. The van der Waals surface area contributed by atoms with E-state index in [2.05, 4.69) is 0 Å². The summed E-state index contributed by atoms with van der Waals surface area (Å²) in [6, 6.07) is 10.8. The zero-order chi connectivity index (χ0) is 18.2. The number of nitrogen functional groups attached to an aromatic ring is 1. The number of carbonyl (C=O) groups is 1. The van der Waals surface area contributed by atoms with Gasteiger partial charge in [-0.15, -0.1) is 0 Å². The number of esters is 1. The molecule has 0 saturated heterocycles. The molecule has 0 atom stereocenters. The van der Waals surface area contributed by atoms with E-state index in [1.165, 1.54) is 12.1 Å². The van der Waals surface area contributed by atoms with Crippen LogP contribution in [0, 0.1) is 10.1 Å². The van der Waals surface area contributed by atoms with Gasteiger partial charge in [0, 0.05) is 6.07 Å². The van der Waals surface area contributed by atoms with Crippen LogP contribution >= 0.6 is 0 Å². The average Bonchev–Trinajstić information content (AvgIpc) is 2.60. The molecule has 0 heterocycles. The van der Waals surface area contributed by atoms with Crippen molar-refractivity contribution in [1.82, 2.24) is 0 Å². The molecule has 25 heavy (non-hydrogen) atoms. The number of nitrogens with two attached hydrogens (primary N) is 1. The molecule has 0 aromatic heterocycles. The number of ether oxygens (including phenoxy) is 3. The van der Waals surface area contributed by atoms with Crippen LogP contribution in [0.25, 0.3) is 0 Å². The molecule has 0 bridgehead atoms. The minimum Gasteiger partial charge on any atom is -0.494 e. The lowest BCUT2D eigenvalue weighted by Gasteiger charge is -2.09. The summed E-state index contributed by atoms with van der Waals surface area (Å²) in [5.74, 6) is 0.673. The van der Waals surface area contributed by atoms with Crippen molar-refractivity contribution >= 4 is 17.3 Å². The summed E-state index contributed by atoms with van der Waals surface area (Å²) in [6.45, 7) is 2.63. The molecule has 0 spiro atoms. The quantitative estimate of drug-likeness (QED) is 0.257. The first-order chi connectivity index (χ1) is 12.0. The number of nitro benzene ring substituents is 1. The molecule has 2 aromatic carbocycles. The lowest BCUT2D eigenvalue weighted by Crippen LogP contribution is -2.12. The van der Waals surface area contributed by atoms with E-state index in [9.17, 15) is 14.9 Å². The van der Waals surface area contributed by atoms with Crippen molar-refractivity contribution in [1.29, 1.82) is 0 Å². The van der Waals surface area contributed by atoms with Gasteiger partial charge in [-0.25, -0.2) is 4.79 Å². The highest BCUT2D eigenvalue weighted by molar-refractivity contribution is 5.91. The topological polar surface area (TPSA) is 114 Å². The SMILES string of the molecule is CCOc1ccc(OCCOC(=O)c2ccc(N)c([N+](=O)[O-])c2)cc1. The van der Waals surface area contributed by atoms with Crippen LogP contribution in [0.15, 0.2) is 42.5 Å². The molecule has 8 nitrogen and oxygen atoms in total. The van der Waals surface area contributed by atoms with Gasteiger partial charge < -0.3 is 19.9 Å². The molecule has 0 aliphatic heterocycles. The largest absolute Gasteiger partial charge is 0.494 e. The van der Waals surface area contributed by atoms with Crippen LogP contribution in [-0.4, -0.2) is 30.7 Å². The van der Waals surface area contributed by atoms with Crippen LogP contribution in [0.3, 0.4) is 0 Å². The number of nitrogens with zero attached hydrogens (tertiary/aromatic N) is 1. The number of rotatable bonds is 8. The average molecular weight is 346 g/mol. The molecule has 2 aromatic rings. The maximum absolute atomic E-state index is 11.9. The Labute approximate surface area is 144 Å². The first-order valence-electron chi connectivity index (χ1n) is 7.58. The van der Waals surface area contributed by atoms with Crippen molar-refractivity contribution in [2.45, 2.75) is 6.92 Å². The molecule has 2 N–H and O–H groups in total. The predicted molar refractivity (Wildman–Crippen MR) is 90.9 cm³/mol. The lowest BCUT2D eigenvalue weighted by atomic mass is 10.2.